The zero-order valence-electron chi connectivity index (χ0n) is 20.9. The van der Waals surface area contributed by atoms with Gasteiger partial charge in [0, 0.05) is 29.3 Å². The van der Waals surface area contributed by atoms with Crippen LogP contribution in [0, 0.1) is 0 Å². The fourth-order valence-electron chi connectivity index (χ4n) is 5.43. The van der Waals surface area contributed by atoms with Gasteiger partial charge in [0.2, 0.25) is 5.88 Å². The Balaban J connectivity index is 1.69. The number of fused-ring (bicyclic) bond motifs is 1. The molecule has 10 heteroatoms. The minimum atomic E-state index is -0.294. The van der Waals surface area contributed by atoms with E-state index in [4.69, 9.17) is 31.8 Å². The van der Waals surface area contributed by atoms with Gasteiger partial charge in [-0.1, -0.05) is 23.7 Å². The summed E-state index contributed by atoms with van der Waals surface area (Å²) < 4.78 is 12.8. The van der Waals surface area contributed by atoms with Crippen molar-refractivity contribution in [2.24, 2.45) is 5.73 Å². The second kappa shape index (κ2) is 9.71. The number of imidazole rings is 1. The van der Waals surface area contributed by atoms with Crippen molar-refractivity contribution in [1.82, 2.24) is 24.4 Å². The third-order valence-corrected chi connectivity index (χ3v) is 7.36. The molecule has 1 aliphatic carbocycles. The molecule has 2 aromatic heterocycles. The van der Waals surface area contributed by atoms with Gasteiger partial charge in [-0.05, 0) is 57.2 Å². The Bertz CT molecular complexity index is 1270. The van der Waals surface area contributed by atoms with Crippen LogP contribution in [-0.4, -0.2) is 56.6 Å². The van der Waals surface area contributed by atoms with Crippen molar-refractivity contribution in [1.29, 1.82) is 0 Å². The molecule has 0 saturated heterocycles. The molecule has 1 aromatic carbocycles. The van der Waals surface area contributed by atoms with Gasteiger partial charge in [0.25, 0.3) is 5.91 Å². The van der Waals surface area contributed by atoms with Gasteiger partial charge in [0.05, 0.1) is 25.5 Å². The van der Waals surface area contributed by atoms with Crippen molar-refractivity contribution >= 4 is 17.5 Å². The Hall–Kier alpha value is -3.17. The van der Waals surface area contributed by atoms with Crippen LogP contribution in [0.3, 0.4) is 0 Å². The van der Waals surface area contributed by atoms with Gasteiger partial charge < -0.3 is 24.7 Å². The zero-order chi connectivity index (χ0) is 25.6. The average molecular weight is 511 g/mol. The summed E-state index contributed by atoms with van der Waals surface area (Å²) in [7, 11) is 3.04. The number of nitrogens with zero attached hydrogens (tertiary/aromatic N) is 5. The van der Waals surface area contributed by atoms with Crippen molar-refractivity contribution < 1.29 is 14.3 Å². The number of halogens is 1. The molecule has 3 heterocycles. The lowest BCUT2D eigenvalue weighted by Crippen LogP contribution is -2.43. The van der Waals surface area contributed by atoms with Crippen molar-refractivity contribution in [3.05, 3.63) is 52.4 Å². The maximum absolute atomic E-state index is 14.0. The maximum Gasteiger partial charge on any atom is 0.319 e. The van der Waals surface area contributed by atoms with Crippen LogP contribution in [0.5, 0.6) is 11.9 Å². The van der Waals surface area contributed by atoms with Crippen LogP contribution in [0.2, 0.25) is 5.02 Å². The first kappa shape index (κ1) is 24.5. The SMILES string of the molecule is COc1ncc(-c2nc3c(n2C(C)C)C(c2ccc(Cl)cc2)N(C2CCC(N)CC2)C3=O)c(OC)n1. The highest BCUT2D eigenvalue weighted by atomic mass is 35.5. The van der Waals surface area contributed by atoms with Gasteiger partial charge in [0.15, 0.2) is 5.69 Å². The molecule has 1 atom stereocenters. The molecule has 1 unspecified atom stereocenters. The van der Waals surface area contributed by atoms with Crippen molar-refractivity contribution in [2.75, 3.05) is 14.2 Å². The van der Waals surface area contributed by atoms with Crippen LogP contribution >= 0.6 is 11.6 Å². The average Bonchev–Trinajstić information content (AvgIpc) is 3.40. The highest BCUT2D eigenvalue weighted by molar-refractivity contribution is 6.30. The predicted molar refractivity (Wildman–Crippen MR) is 136 cm³/mol. The second-order valence-electron chi connectivity index (χ2n) is 9.65. The smallest absolute Gasteiger partial charge is 0.319 e. The van der Waals surface area contributed by atoms with E-state index in [1.807, 2.05) is 29.2 Å². The fourth-order valence-corrected chi connectivity index (χ4v) is 5.55. The van der Waals surface area contributed by atoms with E-state index in [1.165, 1.54) is 7.11 Å². The number of rotatable bonds is 6. The van der Waals surface area contributed by atoms with Gasteiger partial charge in [-0.25, -0.2) is 9.97 Å². The van der Waals surface area contributed by atoms with Crippen molar-refractivity contribution in [2.45, 2.75) is 63.7 Å². The topological polar surface area (TPSA) is 108 Å². The number of nitrogens with two attached hydrogens (primary N) is 1. The number of methoxy groups -OCH3 is 2. The van der Waals surface area contributed by atoms with Crippen LogP contribution in [0.1, 0.15) is 73.4 Å². The molecule has 9 nitrogen and oxygen atoms in total. The standard InChI is InChI=1S/C26H31ClN6O3/c1-14(2)32-22-20(30-23(32)19-13-29-26(36-4)31-24(19)35-3)25(34)33(18-11-9-17(28)10-12-18)21(22)15-5-7-16(27)8-6-15/h5-8,13-14,17-18,21H,9-12,28H2,1-4H3. The van der Waals surface area contributed by atoms with Gasteiger partial charge in [0.1, 0.15) is 11.9 Å². The fraction of sp³-hybridized carbons (Fsp3) is 0.462. The number of carbonyl (C=O) groups excluding carboxylic acids is 1. The first-order valence-corrected chi connectivity index (χ1v) is 12.6. The summed E-state index contributed by atoms with van der Waals surface area (Å²) in [5.74, 6) is 0.854. The van der Waals surface area contributed by atoms with Gasteiger partial charge in [-0.3, -0.25) is 4.79 Å². The van der Waals surface area contributed by atoms with Gasteiger partial charge in [-0.2, -0.15) is 4.98 Å². The van der Waals surface area contributed by atoms with Gasteiger partial charge >= 0.3 is 6.01 Å². The minimum absolute atomic E-state index is 0.00499. The van der Waals surface area contributed by atoms with E-state index in [-0.39, 0.29) is 36.1 Å². The van der Waals surface area contributed by atoms with E-state index >= 15 is 0 Å². The lowest BCUT2D eigenvalue weighted by atomic mass is 9.89. The molecular weight excluding hydrogens is 480 g/mol. The second-order valence-corrected chi connectivity index (χ2v) is 10.1. The van der Waals surface area contributed by atoms with Crippen LogP contribution in [0.25, 0.3) is 11.4 Å². The van der Waals surface area contributed by atoms with E-state index in [2.05, 4.69) is 28.4 Å². The number of amides is 1. The van der Waals surface area contributed by atoms with Crippen LogP contribution in [0.4, 0.5) is 0 Å². The molecule has 0 bridgehead atoms. The van der Waals surface area contributed by atoms with Crippen molar-refractivity contribution in [3.63, 3.8) is 0 Å². The summed E-state index contributed by atoms with van der Waals surface area (Å²) in [6, 6.07) is 7.90. The molecule has 2 N–H and O–H groups in total. The highest BCUT2D eigenvalue weighted by Gasteiger charge is 2.47. The van der Waals surface area contributed by atoms with Crippen LogP contribution in [0.15, 0.2) is 30.5 Å². The van der Waals surface area contributed by atoms with E-state index in [0.29, 0.717) is 28.0 Å². The first-order chi connectivity index (χ1) is 17.3. The quantitative estimate of drug-likeness (QED) is 0.523. The maximum atomic E-state index is 14.0. The van der Waals surface area contributed by atoms with E-state index in [0.717, 1.165) is 36.9 Å². The molecule has 1 amide bonds. The molecular formula is C26H31ClN6O3. The third-order valence-electron chi connectivity index (χ3n) is 7.11. The summed E-state index contributed by atoms with van der Waals surface area (Å²) in [6.45, 7) is 4.15. The van der Waals surface area contributed by atoms with E-state index in [1.54, 1.807) is 13.3 Å². The number of hydrogen-bond donors (Lipinski definition) is 1. The predicted octanol–water partition coefficient (Wildman–Crippen LogP) is 4.41. The molecule has 1 fully saturated rings. The number of ether oxygens (including phenoxy) is 2. The molecule has 1 aliphatic heterocycles. The summed E-state index contributed by atoms with van der Waals surface area (Å²) in [5, 5.41) is 0.650. The molecule has 1 saturated carbocycles. The molecule has 0 radical (unpaired) electrons. The third kappa shape index (κ3) is 4.10. The molecule has 36 heavy (non-hydrogen) atoms. The minimum Gasteiger partial charge on any atom is -0.480 e. The first-order valence-electron chi connectivity index (χ1n) is 12.2. The Labute approximate surface area is 215 Å². The molecule has 2 aliphatic rings. The lowest BCUT2D eigenvalue weighted by molar-refractivity contribution is 0.0593. The molecule has 190 valence electrons. The summed E-state index contributed by atoms with van der Waals surface area (Å²) >= 11 is 6.22. The van der Waals surface area contributed by atoms with E-state index in [9.17, 15) is 4.79 Å². The summed E-state index contributed by atoms with van der Waals surface area (Å²) in [4.78, 5) is 29.5. The summed E-state index contributed by atoms with van der Waals surface area (Å²) in [5.41, 5.74) is 9.09. The molecule has 3 aromatic rings. The van der Waals surface area contributed by atoms with Crippen LogP contribution in [-0.2, 0) is 0 Å². The number of carbonyl (C=O) groups is 1. The van der Waals surface area contributed by atoms with E-state index < -0.39 is 0 Å². The number of benzene rings is 1. The number of aromatic nitrogens is 4. The number of hydrogen-bond acceptors (Lipinski definition) is 7. The largest absolute Gasteiger partial charge is 0.480 e. The zero-order valence-corrected chi connectivity index (χ0v) is 21.7. The van der Waals surface area contributed by atoms with Crippen LogP contribution < -0.4 is 15.2 Å². The van der Waals surface area contributed by atoms with Gasteiger partial charge in [-0.15, -0.1) is 0 Å². The monoisotopic (exact) mass is 510 g/mol. The Morgan fingerprint density at radius 1 is 1.06 bits per heavy atom. The Morgan fingerprint density at radius 2 is 1.75 bits per heavy atom. The Kier molecular flexibility index (Phi) is 6.61. The molecule has 0 spiro atoms. The lowest BCUT2D eigenvalue weighted by Gasteiger charge is -2.38. The molecule has 5 rings (SSSR count). The highest BCUT2D eigenvalue weighted by Crippen LogP contribution is 2.46. The normalized spacial score (nSPS) is 21.7. The van der Waals surface area contributed by atoms with Crippen molar-refractivity contribution in [3.8, 4) is 23.3 Å². The Morgan fingerprint density at radius 3 is 2.36 bits per heavy atom. The summed E-state index contributed by atoms with van der Waals surface area (Å²) in [6.07, 6.45) is 5.17.